The zero-order chi connectivity index (χ0) is 15.4. The lowest BCUT2D eigenvalue weighted by Gasteiger charge is -2.29. The maximum Gasteiger partial charge on any atom is 0.326 e. The lowest BCUT2D eigenvalue weighted by atomic mass is 9.83. The first-order valence-electron chi connectivity index (χ1n) is 7.23. The summed E-state index contributed by atoms with van der Waals surface area (Å²) in [5.74, 6) is -0.745. The van der Waals surface area contributed by atoms with Gasteiger partial charge in [-0.3, -0.25) is 10.1 Å². The number of nitro benzene ring substituents is 1. The number of benzene rings is 1. The molecule has 0 spiro atoms. The molecule has 1 aromatic carbocycles. The van der Waals surface area contributed by atoms with Gasteiger partial charge in [0.15, 0.2) is 0 Å². The number of hydrogen-bond donors (Lipinski definition) is 2. The Kier molecular flexibility index (Phi) is 4.77. The van der Waals surface area contributed by atoms with Crippen molar-refractivity contribution in [2.75, 3.05) is 5.32 Å². The molecule has 1 unspecified atom stereocenters. The number of aliphatic carboxylic acids is 1. The van der Waals surface area contributed by atoms with Gasteiger partial charge in [-0.05, 0) is 37.3 Å². The van der Waals surface area contributed by atoms with Crippen LogP contribution in [0.25, 0.3) is 0 Å². The number of hydrogen-bond acceptors (Lipinski definition) is 4. The topological polar surface area (TPSA) is 92.5 Å². The summed E-state index contributed by atoms with van der Waals surface area (Å²) in [4.78, 5) is 21.8. The van der Waals surface area contributed by atoms with Crippen LogP contribution in [0.2, 0.25) is 0 Å². The zero-order valence-electron chi connectivity index (χ0n) is 12.0. The van der Waals surface area contributed by atoms with Crippen molar-refractivity contribution in [3.8, 4) is 0 Å². The van der Waals surface area contributed by atoms with E-state index in [0.29, 0.717) is 11.3 Å². The fourth-order valence-corrected chi connectivity index (χ4v) is 2.94. The summed E-state index contributed by atoms with van der Waals surface area (Å²) >= 11 is 0. The molecule has 1 aliphatic carbocycles. The van der Waals surface area contributed by atoms with Gasteiger partial charge in [-0.25, -0.2) is 4.79 Å². The normalized spacial score (nSPS) is 17.2. The van der Waals surface area contributed by atoms with Gasteiger partial charge in [0.05, 0.1) is 4.92 Å². The molecule has 0 bridgehead atoms. The maximum atomic E-state index is 11.5. The van der Waals surface area contributed by atoms with Crippen LogP contribution in [-0.4, -0.2) is 22.0 Å². The molecule has 114 valence electrons. The first-order chi connectivity index (χ1) is 9.99. The molecule has 2 N–H and O–H groups in total. The molecule has 2 rings (SSSR count). The number of non-ortho nitro benzene ring substituents is 1. The van der Waals surface area contributed by atoms with E-state index < -0.39 is 16.9 Å². The van der Waals surface area contributed by atoms with Gasteiger partial charge in [-0.15, -0.1) is 0 Å². The summed E-state index contributed by atoms with van der Waals surface area (Å²) < 4.78 is 0. The molecular weight excluding hydrogens is 272 g/mol. The minimum atomic E-state index is -0.861. The quantitative estimate of drug-likeness (QED) is 0.641. The molecule has 0 heterocycles. The Hall–Kier alpha value is -2.11. The Morgan fingerprint density at radius 3 is 2.57 bits per heavy atom. The Morgan fingerprint density at radius 1 is 1.38 bits per heavy atom. The predicted octanol–water partition coefficient (Wildman–Crippen LogP) is 3.35. The van der Waals surface area contributed by atoms with Gasteiger partial charge in [0.25, 0.3) is 5.69 Å². The van der Waals surface area contributed by atoms with Crippen LogP contribution in [0.4, 0.5) is 11.4 Å². The Balaban J connectivity index is 2.16. The molecule has 0 aromatic heterocycles. The molecular formula is C15H20N2O4. The molecule has 1 aliphatic rings. The molecule has 0 radical (unpaired) electrons. The number of carbonyl (C=O) groups is 1. The summed E-state index contributed by atoms with van der Waals surface area (Å²) in [7, 11) is 0. The summed E-state index contributed by atoms with van der Waals surface area (Å²) in [6.07, 6.45) is 5.12. The molecule has 0 saturated heterocycles. The highest BCUT2D eigenvalue weighted by Gasteiger charge is 2.29. The van der Waals surface area contributed by atoms with E-state index in [0.717, 1.165) is 25.7 Å². The van der Waals surface area contributed by atoms with E-state index in [1.54, 1.807) is 13.0 Å². The smallest absolute Gasteiger partial charge is 0.326 e. The SMILES string of the molecule is Cc1cc([N+](=O)[O-])ccc1NC(C(=O)O)C1CCCCC1. The third-order valence-corrected chi connectivity index (χ3v) is 4.12. The third kappa shape index (κ3) is 3.71. The van der Waals surface area contributed by atoms with Gasteiger partial charge < -0.3 is 10.4 Å². The van der Waals surface area contributed by atoms with Crippen LogP contribution in [0.1, 0.15) is 37.7 Å². The largest absolute Gasteiger partial charge is 0.480 e. The fraction of sp³-hybridized carbons (Fsp3) is 0.533. The lowest BCUT2D eigenvalue weighted by molar-refractivity contribution is -0.384. The number of aryl methyl sites for hydroxylation is 1. The summed E-state index contributed by atoms with van der Waals surface area (Å²) in [6, 6.07) is 3.81. The van der Waals surface area contributed by atoms with E-state index in [1.165, 1.54) is 18.6 Å². The van der Waals surface area contributed by atoms with Gasteiger partial charge in [0, 0.05) is 17.8 Å². The average Bonchev–Trinajstić information content (AvgIpc) is 2.46. The Bertz CT molecular complexity index is 538. The van der Waals surface area contributed by atoms with Crippen molar-refractivity contribution in [1.29, 1.82) is 0 Å². The van der Waals surface area contributed by atoms with Crippen molar-refractivity contribution in [2.45, 2.75) is 45.1 Å². The fourth-order valence-electron chi connectivity index (χ4n) is 2.94. The molecule has 6 heteroatoms. The summed E-state index contributed by atoms with van der Waals surface area (Å²) in [5.41, 5.74) is 1.35. The summed E-state index contributed by atoms with van der Waals surface area (Å²) in [5, 5.41) is 23.2. The van der Waals surface area contributed by atoms with E-state index in [2.05, 4.69) is 5.32 Å². The zero-order valence-corrected chi connectivity index (χ0v) is 12.0. The first kappa shape index (κ1) is 15.3. The van der Waals surface area contributed by atoms with Gasteiger partial charge in [-0.1, -0.05) is 19.3 Å². The van der Waals surface area contributed by atoms with Gasteiger partial charge in [0.2, 0.25) is 0 Å². The molecule has 21 heavy (non-hydrogen) atoms. The molecule has 1 fully saturated rings. The predicted molar refractivity (Wildman–Crippen MR) is 79.5 cm³/mol. The molecule has 6 nitrogen and oxygen atoms in total. The standard InChI is InChI=1S/C15H20N2O4/c1-10-9-12(17(20)21)7-8-13(10)16-14(15(18)19)11-5-3-2-4-6-11/h7-9,11,14,16H,2-6H2,1H3,(H,18,19). The molecule has 1 atom stereocenters. The molecule has 0 aliphatic heterocycles. The van der Waals surface area contributed by atoms with Crippen LogP contribution in [0.15, 0.2) is 18.2 Å². The monoisotopic (exact) mass is 292 g/mol. The van der Waals surface area contributed by atoms with Crippen molar-refractivity contribution in [2.24, 2.45) is 5.92 Å². The number of nitrogens with zero attached hydrogens (tertiary/aromatic N) is 1. The van der Waals surface area contributed by atoms with Gasteiger partial charge in [0.1, 0.15) is 6.04 Å². The Morgan fingerprint density at radius 2 is 2.05 bits per heavy atom. The number of anilines is 1. The van der Waals surface area contributed by atoms with Crippen molar-refractivity contribution < 1.29 is 14.8 Å². The van der Waals surface area contributed by atoms with Crippen LogP contribution >= 0.6 is 0 Å². The highest BCUT2D eigenvalue weighted by atomic mass is 16.6. The maximum absolute atomic E-state index is 11.5. The number of rotatable bonds is 5. The number of carboxylic acid groups (broad SMARTS) is 1. The lowest BCUT2D eigenvalue weighted by Crippen LogP contribution is -2.38. The second-order valence-corrected chi connectivity index (χ2v) is 5.61. The molecule has 1 aromatic rings. The highest BCUT2D eigenvalue weighted by Crippen LogP contribution is 2.30. The van der Waals surface area contributed by atoms with Crippen LogP contribution in [0.3, 0.4) is 0 Å². The van der Waals surface area contributed by atoms with E-state index >= 15 is 0 Å². The number of nitro groups is 1. The van der Waals surface area contributed by atoms with Crippen molar-refractivity contribution >= 4 is 17.3 Å². The van der Waals surface area contributed by atoms with Gasteiger partial charge >= 0.3 is 5.97 Å². The van der Waals surface area contributed by atoms with E-state index in [-0.39, 0.29) is 11.6 Å². The highest BCUT2D eigenvalue weighted by molar-refractivity contribution is 5.78. The first-order valence-corrected chi connectivity index (χ1v) is 7.23. The number of nitrogens with one attached hydrogen (secondary N) is 1. The van der Waals surface area contributed by atoms with E-state index in [9.17, 15) is 20.0 Å². The third-order valence-electron chi connectivity index (χ3n) is 4.12. The van der Waals surface area contributed by atoms with E-state index in [4.69, 9.17) is 0 Å². The Labute approximate surface area is 123 Å². The summed E-state index contributed by atoms with van der Waals surface area (Å²) in [6.45, 7) is 1.75. The van der Waals surface area contributed by atoms with Crippen LogP contribution in [0.5, 0.6) is 0 Å². The average molecular weight is 292 g/mol. The number of carboxylic acids is 1. The van der Waals surface area contributed by atoms with Crippen LogP contribution in [-0.2, 0) is 4.79 Å². The van der Waals surface area contributed by atoms with Crippen molar-refractivity contribution in [3.05, 3.63) is 33.9 Å². The second kappa shape index (κ2) is 6.56. The van der Waals surface area contributed by atoms with Crippen molar-refractivity contribution in [1.82, 2.24) is 0 Å². The molecule has 1 saturated carbocycles. The second-order valence-electron chi connectivity index (χ2n) is 5.61. The van der Waals surface area contributed by atoms with Gasteiger partial charge in [-0.2, -0.15) is 0 Å². The van der Waals surface area contributed by atoms with E-state index in [1.807, 2.05) is 0 Å². The molecule has 0 amide bonds. The van der Waals surface area contributed by atoms with Crippen LogP contribution < -0.4 is 5.32 Å². The minimum Gasteiger partial charge on any atom is -0.480 e. The van der Waals surface area contributed by atoms with Crippen molar-refractivity contribution in [3.63, 3.8) is 0 Å². The van der Waals surface area contributed by atoms with Crippen LogP contribution in [0, 0.1) is 23.0 Å². The minimum absolute atomic E-state index is 0.0163.